The van der Waals surface area contributed by atoms with E-state index in [0.717, 1.165) is 11.3 Å². The molecule has 0 unspecified atom stereocenters. The van der Waals surface area contributed by atoms with Crippen molar-refractivity contribution in [2.24, 2.45) is 5.10 Å². The molecule has 0 saturated carbocycles. The highest BCUT2D eigenvalue weighted by Gasteiger charge is 2.12. The van der Waals surface area contributed by atoms with Crippen LogP contribution in [0.1, 0.15) is 23.6 Å². The minimum Gasteiger partial charge on any atom is -0.331 e. The van der Waals surface area contributed by atoms with Crippen molar-refractivity contribution in [1.29, 1.82) is 0 Å². The summed E-state index contributed by atoms with van der Waals surface area (Å²) in [7, 11) is 0. The van der Waals surface area contributed by atoms with E-state index in [1.165, 1.54) is 6.07 Å². The average molecular weight is 342 g/mol. The zero-order chi connectivity index (χ0) is 17.7. The minimum atomic E-state index is -0.400. The predicted molar refractivity (Wildman–Crippen MR) is 101 cm³/mol. The van der Waals surface area contributed by atoms with Gasteiger partial charge in [-0.1, -0.05) is 29.8 Å². The molecule has 0 fully saturated rings. The van der Waals surface area contributed by atoms with Crippen LogP contribution in [0.2, 0.25) is 0 Å². The van der Waals surface area contributed by atoms with Gasteiger partial charge in [0.25, 0.3) is 5.69 Å². The summed E-state index contributed by atoms with van der Waals surface area (Å²) in [5.41, 5.74) is 6.72. The Kier molecular flexibility index (Phi) is 5.59. The van der Waals surface area contributed by atoms with Crippen molar-refractivity contribution >= 4 is 34.4 Å². The number of nitrogens with zero attached hydrogens (tertiary/aromatic N) is 2. The monoisotopic (exact) mass is 342 g/mol. The lowest BCUT2D eigenvalue weighted by molar-refractivity contribution is -0.385. The molecule has 7 heteroatoms. The van der Waals surface area contributed by atoms with Gasteiger partial charge in [-0.3, -0.25) is 15.5 Å². The Balaban J connectivity index is 2.05. The number of nitro groups is 1. The summed E-state index contributed by atoms with van der Waals surface area (Å²) in [6.07, 6.45) is 0. The molecule has 0 aliphatic carbocycles. The first-order valence-electron chi connectivity index (χ1n) is 7.30. The van der Waals surface area contributed by atoms with Gasteiger partial charge in [0.1, 0.15) is 0 Å². The van der Waals surface area contributed by atoms with Gasteiger partial charge >= 0.3 is 0 Å². The van der Waals surface area contributed by atoms with Gasteiger partial charge in [0.05, 0.1) is 10.6 Å². The highest BCUT2D eigenvalue weighted by Crippen LogP contribution is 2.19. The second kappa shape index (κ2) is 7.65. The van der Waals surface area contributed by atoms with Crippen molar-refractivity contribution in [1.82, 2.24) is 5.43 Å². The molecule has 2 rings (SSSR count). The lowest BCUT2D eigenvalue weighted by atomic mass is 10.1. The van der Waals surface area contributed by atoms with Crippen molar-refractivity contribution in [3.8, 4) is 0 Å². The maximum atomic E-state index is 11.0. The van der Waals surface area contributed by atoms with Crippen LogP contribution in [0.4, 0.5) is 11.4 Å². The summed E-state index contributed by atoms with van der Waals surface area (Å²) < 4.78 is 0. The molecular formula is C17H18N4O2S. The minimum absolute atomic E-state index is 0.0717. The quantitative estimate of drug-likeness (QED) is 0.381. The molecule has 0 bridgehead atoms. The van der Waals surface area contributed by atoms with Crippen LogP contribution in [0.3, 0.4) is 0 Å². The number of rotatable bonds is 4. The number of benzene rings is 2. The van der Waals surface area contributed by atoms with Crippen LogP contribution < -0.4 is 10.7 Å². The van der Waals surface area contributed by atoms with E-state index in [1.807, 2.05) is 31.2 Å². The van der Waals surface area contributed by atoms with Crippen LogP contribution in [-0.2, 0) is 0 Å². The van der Waals surface area contributed by atoms with Gasteiger partial charge in [-0.2, -0.15) is 5.10 Å². The number of hydrogen-bond donors (Lipinski definition) is 2. The Morgan fingerprint density at radius 2 is 1.83 bits per heavy atom. The highest BCUT2D eigenvalue weighted by molar-refractivity contribution is 7.80. The Morgan fingerprint density at radius 3 is 2.46 bits per heavy atom. The van der Waals surface area contributed by atoms with E-state index in [4.69, 9.17) is 12.2 Å². The Labute approximate surface area is 145 Å². The number of nitro benzene ring substituents is 1. The number of nitrogens with one attached hydrogen (secondary N) is 2. The molecule has 24 heavy (non-hydrogen) atoms. The molecule has 0 radical (unpaired) electrons. The van der Waals surface area contributed by atoms with Crippen molar-refractivity contribution in [3.63, 3.8) is 0 Å². The van der Waals surface area contributed by atoms with Crippen molar-refractivity contribution in [3.05, 3.63) is 69.3 Å². The molecule has 0 heterocycles. The van der Waals surface area contributed by atoms with Crippen molar-refractivity contribution in [2.75, 3.05) is 5.32 Å². The summed E-state index contributed by atoms with van der Waals surface area (Å²) in [5.74, 6) is 0. The molecule has 0 aliphatic heterocycles. The summed E-state index contributed by atoms with van der Waals surface area (Å²) in [6.45, 7) is 5.47. The van der Waals surface area contributed by atoms with Gasteiger partial charge in [-0.25, -0.2) is 0 Å². The van der Waals surface area contributed by atoms with Crippen molar-refractivity contribution < 1.29 is 4.92 Å². The molecule has 2 N–H and O–H groups in total. The van der Waals surface area contributed by atoms with Gasteiger partial charge in [0.15, 0.2) is 5.11 Å². The fourth-order valence-electron chi connectivity index (χ4n) is 2.03. The Hall–Kier alpha value is -2.80. The van der Waals surface area contributed by atoms with Gasteiger partial charge in [-0.05, 0) is 45.1 Å². The first kappa shape index (κ1) is 17.6. The molecule has 2 aromatic rings. The molecule has 6 nitrogen and oxygen atoms in total. The number of aryl methyl sites for hydroxylation is 2. The van der Waals surface area contributed by atoms with Crippen LogP contribution in [0.15, 0.2) is 47.6 Å². The standard InChI is InChI=1S/C17H18N4O2S/c1-11-4-8-15(9-5-11)18-17(24)20-19-13(3)14-7-6-12(2)16(10-14)21(22)23/h4-10H,1-3H3,(H2,18,20,24)/b19-13-. The van der Waals surface area contributed by atoms with Crippen LogP contribution in [0.25, 0.3) is 0 Å². The van der Waals surface area contributed by atoms with Crippen LogP contribution in [0, 0.1) is 24.0 Å². The Bertz CT molecular complexity index is 801. The first-order chi connectivity index (χ1) is 11.4. The summed E-state index contributed by atoms with van der Waals surface area (Å²) >= 11 is 5.19. The predicted octanol–water partition coefficient (Wildman–Crippen LogP) is 3.92. The van der Waals surface area contributed by atoms with E-state index in [2.05, 4.69) is 15.8 Å². The second-order valence-corrected chi connectivity index (χ2v) is 5.80. The van der Waals surface area contributed by atoms with E-state index in [1.54, 1.807) is 26.0 Å². The fraction of sp³-hybridized carbons (Fsp3) is 0.176. The molecule has 0 atom stereocenters. The van der Waals surface area contributed by atoms with Gasteiger partial charge in [0, 0.05) is 22.9 Å². The van der Waals surface area contributed by atoms with Gasteiger partial charge in [-0.15, -0.1) is 0 Å². The molecule has 124 valence electrons. The average Bonchev–Trinajstić information content (AvgIpc) is 2.55. The lowest BCUT2D eigenvalue weighted by Crippen LogP contribution is -2.24. The molecule has 2 aromatic carbocycles. The molecule has 0 aromatic heterocycles. The second-order valence-electron chi connectivity index (χ2n) is 5.39. The Morgan fingerprint density at radius 1 is 1.17 bits per heavy atom. The van der Waals surface area contributed by atoms with E-state index in [9.17, 15) is 10.1 Å². The maximum absolute atomic E-state index is 11.0. The smallest absolute Gasteiger partial charge is 0.272 e. The lowest BCUT2D eigenvalue weighted by Gasteiger charge is -2.08. The van der Waals surface area contributed by atoms with Crippen LogP contribution >= 0.6 is 12.2 Å². The summed E-state index contributed by atoms with van der Waals surface area (Å²) in [5, 5.41) is 18.6. The number of anilines is 1. The van der Waals surface area contributed by atoms with E-state index < -0.39 is 4.92 Å². The van der Waals surface area contributed by atoms with E-state index in [-0.39, 0.29) is 5.69 Å². The number of hydrogen-bond acceptors (Lipinski definition) is 4. The highest BCUT2D eigenvalue weighted by atomic mass is 32.1. The van der Waals surface area contributed by atoms with Gasteiger partial charge < -0.3 is 5.32 Å². The molecule has 0 amide bonds. The number of thiocarbonyl (C=S) groups is 1. The number of hydrazone groups is 1. The molecule has 0 aliphatic rings. The largest absolute Gasteiger partial charge is 0.331 e. The normalized spacial score (nSPS) is 11.0. The maximum Gasteiger partial charge on any atom is 0.272 e. The third kappa shape index (κ3) is 4.60. The zero-order valence-electron chi connectivity index (χ0n) is 13.7. The molecule has 0 spiro atoms. The summed E-state index contributed by atoms with van der Waals surface area (Å²) in [4.78, 5) is 10.6. The van der Waals surface area contributed by atoms with E-state index >= 15 is 0 Å². The van der Waals surface area contributed by atoms with E-state index in [0.29, 0.717) is 22.0 Å². The van der Waals surface area contributed by atoms with Crippen molar-refractivity contribution in [2.45, 2.75) is 20.8 Å². The van der Waals surface area contributed by atoms with Gasteiger partial charge in [0.2, 0.25) is 0 Å². The SMILES string of the molecule is C/C(=N/NC(=S)Nc1ccc(C)cc1)c1ccc(C)c([N+](=O)[O-])c1. The molecular weight excluding hydrogens is 324 g/mol. The van der Waals surface area contributed by atoms with Crippen LogP contribution in [0.5, 0.6) is 0 Å². The molecule has 0 saturated heterocycles. The topological polar surface area (TPSA) is 79.6 Å². The zero-order valence-corrected chi connectivity index (χ0v) is 14.5. The fourth-order valence-corrected chi connectivity index (χ4v) is 2.19. The third-order valence-electron chi connectivity index (χ3n) is 3.46. The summed E-state index contributed by atoms with van der Waals surface area (Å²) in [6, 6.07) is 12.8. The van der Waals surface area contributed by atoms with Crippen LogP contribution in [-0.4, -0.2) is 15.7 Å². The first-order valence-corrected chi connectivity index (χ1v) is 7.71. The third-order valence-corrected chi connectivity index (χ3v) is 3.65.